The standard InChI is InChI=1S/C21H23N3O3/c1-13-5-7-15(8-6-13)17-16-4-3-10-23-18(16)21(27)24(19(17)20(22)26)11-9-14(2)12-25/h3-8,10,14,25H,9,11-12H2,1-2H3,(H2,22,26). The zero-order valence-electron chi connectivity index (χ0n) is 15.5. The second kappa shape index (κ2) is 7.72. The van der Waals surface area contributed by atoms with E-state index in [9.17, 15) is 14.7 Å². The number of carbonyl (C=O) groups excluding carboxylic acids is 1. The van der Waals surface area contributed by atoms with Crippen LogP contribution >= 0.6 is 0 Å². The molecule has 1 unspecified atom stereocenters. The molecule has 27 heavy (non-hydrogen) atoms. The number of aryl methyl sites for hydroxylation is 1. The van der Waals surface area contributed by atoms with Crippen LogP contribution in [0.15, 0.2) is 47.4 Å². The summed E-state index contributed by atoms with van der Waals surface area (Å²) in [5, 5.41) is 9.90. The Hall–Kier alpha value is -2.99. The summed E-state index contributed by atoms with van der Waals surface area (Å²) >= 11 is 0. The van der Waals surface area contributed by atoms with Crippen molar-refractivity contribution >= 4 is 16.8 Å². The number of carbonyl (C=O) groups is 1. The first-order chi connectivity index (χ1) is 12.9. The van der Waals surface area contributed by atoms with Crippen molar-refractivity contribution in [3.8, 4) is 11.1 Å². The van der Waals surface area contributed by atoms with Crippen LogP contribution in [0.3, 0.4) is 0 Å². The quantitative estimate of drug-likeness (QED) is 0.701. The van der Waals surface area contributed by atoms with Crippen LogP contribution < -0.4 is 11.3 Å². The highest BCUT2D eigenvalue weighted by atomic mass is 16.3. The monoisotopic (exact) mass is 365 g/mol. The van der Waals surface area contributed by atoms with E-state index in [1.165, 1.54) is 4.57 Å². The topological polar surface area (TPSA) is 98.2 Å². The van der Waals surface area contributed by atoms with Gasteiger partial charge in [0.25, 0.3) is 11.5 Å². The summed E-state index contributed by atoms with van der Waals surface area (Å²) in [7, 11) is 0. The van der Waals surface area contributed by atoms with Gasteiger partial charge in [-0.1, -0.05) is 42.8 Å². The molecule has 0 aliphatic heterocycles. The van der Waals surface area contributed by atoms with Gasteiger partial charge in [0.05, 0.1) is 0 Å². The second-order valence-electron chi connectivity index (χ2n) is 6.89. The number of benzene rings is 1. The molecular weight excluding hydrogens is 342 g/mol. The minimum Gasteiger partial charge on any atom is -0.396 e. The molecule has 1 aromatic carbocycles. The van der Waals surface area contributed by atoms with Crippen LogP contribution in [-0.4, -0.2) is 27.2 Å². The number of primary amides is 1. The van der Waals surface area contributed by atoms with Crippen molar-refractivity contribution < 1.29 is 9.90 Å². The third-order valence-corrected chi connectivity index (χ3v) is 4.76. The van der Waals surface area contributed by atoms with E-state index < -0.39 is 5.91 Å². The summed E-state index contributed by atoms with van der Waals surface area (Å²) in [5.74, 6) is -0.662. The molecule has 0 fully saturated rings. The van der Waals surface area contributed by atoms with Crippen LogP contribution in [0.5, 0.6) is 0 Å². The number of aromatic nitrogens is 2. The Labute approximate surface area is 157 Å². The number of aliphatic hydroxyl groups is 1. The van der Waals surface area contributed by atoms with E-state index in [1.54, 1.807) is 18.3 Å². The largest absolute Gasteiger partial charge is 0.396 e. The molecular formula is C21H23N3O3. The number of hydrogen-bond acceptors (Lipinski definition) is 4. The summed E-state index contributed by atoms with van der Waals surface area (Å²) in [6, 6.07) is 11.2. The number of nitrogens with zero attached hydrogens (tertiary/aromatic N) is 2. The van der Waals surface area contributed by atoms with Gasteiger partial charge in [-0.05, 0) is 30.9 Å². The number of nitrogens with two attached hydrogens (primary N) is 1. The van der Waals surface area contributed by atoms with Crippen molar-refractivity contribution in [2.45, 2.75) is 26.8 Å². The van der Waals surface area contributed by atoms with Crippen LogP contribution in [0, 0.1) is 12.8 Å². The predicted molar refractivity (Wildman–Crippen MR) is 106 cm³/mol. The first kappa shape index (κ1) is 18.8. The fourth-order valence-electron chi connectivity index (χ4n) is 3.19. The average molecular weight is 365 g/mol. The SMILES string of the molecule is Cc1ccc(-c2c(C(N)=O)n(CCC(C)CO)c(=O)c3ncccc23)cc1. The Kier molecular flexibility index (Phi) is 5.37. The predicted octanol–water partition coefficient (Wildman–Crippen LogP) is 2.49. The molecule has 3 rings (SSSR count). The Morgan fingerprint density at radius 3 is 2.59 bits per heavy atom. The first-order valence-electron chi connectivity index (χ1n) is 8.93. The highest BCUT2D eigenvalue weighted by molar-refractivity contribution is 6.07. The third-order valence-electron chi connectivity index (χ3n) is 4.76. The molecule has 0 spiro atoms. The van der Waals surface area contributed by atoms with Crippen LogP contribution in [0.1, 0.15) is 29.4 Å². The van der Waals surface area contributed by atoms with Crippen molar-refractivity contribution in [2.24, 2.45) is 11.7 Å². The lowest BCUT2D eigenvalue weighted by Crippen LogP contribution is -2.31. The fraction of sp³-hybridized carbons (Fsp3) is 0.286. The summed E-state index contributed by atoms with van der Waals surface area (Å²) in [4.78, 5) is 29.7. The molecule has 0 saturated carbocycles. The first-order valence-corrected chi connectivity index (χ1v) is 8.93. The number of pyridine rings is 2. The van der Waals surface area contributed by atoms with Crippen LogP contribution in [-0.2, 0) is 6.54 Å². The average Bonchev–Trinajstić information content (AvgIpc) is 2.67. The number of amides is 1. The molecule has 3 N–H and O–H groups in total. The number of hydrogen-bond donors (Lipinski definition) is 2. The van der Waals surface area contributed by atoms with E-state index in [0.717, 1.165) is 11.1 Å². The number of rotatable bonds is 6. The molecule has 0 bridgehead atoms. The van der Waals surface area contributed by atoms with Gasteiger partial charge in [-0.25, -0.2) is 0 Å². The van der Waals surface area contributed by atoms with E-state index >= 15 is 0 Å². The number of fused-ring (bicyclic) bond motifs is 1. The Bertz CT molecular complexity index is 1040. The van der Waals surface area contributed by atoms with Gasteiger partial charge in [0.2, 0.25) is 0 Å². The molecule has 140 valence electrons. The lowest BCUT2D eigenvalue weighted by Gasteiger charge is -2.19. The summed E-state index contributed by atoms with van der Waals surface area (Å²) in [6.45, 7) is 4.16. The number of aliphatic hydroxyl groups excluding tert-OH is 1. The Morgan fingerprint density at radius 1 is 1.26 bits per heavy atom. The maximum atomic E-state index is 13.0. The molecule has 0 saturated heterocycles. The highest BCUT2D eigenvalue weighted by Gasteiger charge is 2.22. The van der Waals surface area contributed by atoms with Gasteiger partial charge in [-0.15, -0.1) is 0 Å². The molecule has 3 aromatic rings. The van der Waals surface area contributed by atoms with Gasteiger partial charge in [0, 0.05) is 30.3 Å². The summed E-state index contributed by atoms with van der Waals surface area (Å²) in [6.07, 6.45) is 2.11. The third kappa shape index (κ3) is 3.61. The van der Waals surface area contributed by atoms with Crippen molar-refractivity contribution in [3.05, 3.63) is 64.2 Å². The van der Waals surface area contributed by atoms with E-state index in [-0.39, 0.29) is 30.3 Å². The van der Waals surface area contributed by atoms with Gasteiger partial charge < -0.3 is 15.4 Å². The minimum absolute atomic E-state index is 0.000110. The lowest BCUT2D eigenvalue weighted by molar-refractivity contribution is 0.0990. The van der Waals surface area contributed by atoms with Gasteiger partial charge >= 0.3 is 0 Å². The van der Waals surface area contributed by atoms with Gasteiger partial charge in [-0.3, -0.25) is 14.6 Å². The smallest absolute Gasteiger partial charge is 0.277 e. The fourth-order valence-corrected chi connectivity index (χ4v) is 3.19. The second-order valence-corrected chi connectivity index (χ2v) is 6.89. The maximum Gasteiger partial charge on any atom is 0.277 e. The van der Waals surface area contributed by atoms with Crippen molar-refractivity contribution in [2.75, 3.05) is 6.61 Å². The van der Waals surface area contributed by atoms with Crippen LogP contribution in [0.25, 0.3) is 22.0 Å². The van der Waals surface area contributed by atoms with Crippen molar-refractivity contribution in [1.29, 1.82) is 0 Å². The van der Waals surface area contributed by atoms with Crippen LogP contribution in [0.4, 0.5) is 0 Å². The van der Waals surface area contributed by atoms with Gasteiger partial charge in [-0.2, -0.15) is 0 Å². The molecule has 0 radical (unpaired) electrons. The molecule has 0 aliphatic rings. The van der Waals surface area contributed by atoms with Gasteiger partial charge in [0.15, 0.2) is 0 Å². The molecule has 6 heteroatoms. The lowest BCUT2D eigenvalue weighted by atomic mass is 9.97. The van der Waals surface area contributed by atoms with E-state index in [4.69, 9.17) is 5.73 Å². The van der Waals surface area contributed by atoms with Crippen molar-refractivity contribution in [3.63, 3.8) is 0 Å². The Balaban J connectivity index is 2.36. The zero-order valence-corrected chi connectivity index (χ0v) is 15.5. The normalized spacial score (nSPS) is 12.3. The van der Waals surface area contributed by atoms with Gasteiger partial charge in [0.1, 0.15) is 11.2 Å². The summed E-state index contributed by atoms with van der Waals surface area (Å²) in [5.41, 5.74) is 8.35. The zero-order chi connectivity index (χ0) is 19.6. The molecule has 2 heterocycles. The molecule has 2 aromatic heterocycles. The molecule has 1 amide bonds. The van der Waals surface area contributed by atoms with Crippen molar-refractivity contribution in [1.82, 2.24) is 9.55 Å². The molecule has 1 atom stereocenters. The highest BCUT2D eigenvalue weighted by Crippen LogP contribution is 2.30. The summed E-state index contributed by atoms with van der Waals surface area (Å²) < 4.78 is 1.40. The van der Waals surface area contributed by atoms with E-state index in [0.29, 0.717) is 22.9 Å². The van der Waals surface area contributed by atoms with E-state index in [1.807, 2.05) is 38.1 Å². The van der Waals surface area contributed by atoms with E-state index in [2.05, 4.69) is 4.98 Å². The van der Waals surface area contributed by atoms with Crippen LogP contribution in [0.2, 0.25) is 0 Å². The molecule has 6 nitrogen and oxygen atoms in total. The Morgan fingerprint density at radius 2 is 1.96 bits per heavy atom. The molecule has 0 aliphatic carbocycles. The maximum absolute atomic E-state index is 13.0. The minimum atomic E-state index is -0.662.